The summed E-state index contributed by atoms with van der Waals surface area (Å²) in [5.74, 6) is 0. The van der Waals surface area contributed by atoms with E-state index in [0.717, 1.165) is 21.8 Å². The van der Waals surface area contributed by atoms with Gasteiger partial charge in [-0.05, 0) is 12.1 Å². The Kier molecular flexibility index (Phi) is 1.93. The summed E-state index contributed by atoms with van der Waals surface area (Å²) in [4.78, 5) is 15.6. The SMILES string of the molecule is O=[C]c1c2ccccc2nc2ccccc12. The smallest absolute Gasteiger partial charge is 0.234 e. The molecule has 1 heterocycles. The first-order chi connectivity index (χ1) is 7.90. The Morgan fingerprint density at radius 3 is 1.81 bits per heavy atom. The Labute approximate surface area is 92.5 Å². The molecule has 1 aromatic heterocycles. The van der Waals surface area contributed by atoms with Crippen molar-refractivity contribution < 1.29 is 4.79 Å². The van der Waals surface area contributed by atoms with Gasteiger partial charge in [-0.2, -0.15) is 0 Å². The number of aromatic nitrogens is 1. The summed E-state index contributed by atoms with van der Waals surface area (Å²) in [7, 11) is 0. The highest BCUT2D eigenvalue weighted by atomic mass is 16.1. The molecule has 0 aliphatic carbocycles. The van der Waals surface area contributed by atoms with Gasteiger partial charge in [0.2, 0.25) is 6.29 Å². The zero-order valence-corrected chi connectivity index (χ0v) is 8.47. The number of fused-ring (bicyclic) bond motifs is 2. The fourth-order valence-electron chi connectivity index (χ4n) is 1.95. The van der Waals surface area contributed by atoms with Crippen LogP contribution in [0.25, 0.3) is 21.8 Å². The van der Waals surface area contributed by atoms with Crippen LogP contribution in [0.3, 0.4) is 0 Å². The van der Waals surface area contributed by atoms with Crippen molar-refractivity contribution in [3.8, 4) is 0 Å². The van der Waals surface area contributed by atoms with Crippen molar-refractivity contribution in [2.24, 2.45) is 0 Å². The Bertz CT molecular complexity index is 634. The third kappa shape index (κ3) is 1.20. The van der Waals surface area contributed by atoms with Crippen molar-refractivity contribution in [1.82, 2.24) is 4.98 Å². The highest BCUT2D eigenvalue weighted by molar-refractivity contribution is 6.09. The summed E-state index contributed by atoms with van der Waals surface area (Å²) in [6.07, 6.45) is 2.02. The highest BCUT2D eigenvalue weighted by Gasteiger charge is 2.07. The van der Waals surface area contributed by atoms with Gasteiger partial charge in [0.05, 0.1) is 11.0 Å². The standard InChI is InChI=1S/C14H8NO/c16-9-12-10-5-1-3-7-13(10)15-14-8-4-2-6-11(12)14/h1-8H. The lowest BCUT2D eigenvalue weighted by molar-refractivity contribution is 0.563. The Hall–Kier alpha value is -2.22. The molecule has 3 rings (SSSR count). The van der Waals surface area contributed by atoms with Gasteiger partial charge < -0.3 is 0 Å². The highest BCUT2D eigenvalue weighted by Crippen LogP contribution is 2.23. The summed E-state index contributed by atoms with van der Waals surface area (Å²) >= 11 is 0. The largest absolute Gasteiger partial charge is 0.285 e. The average molecular weight is 206 g/mol. The second kappa shape index (κ2) is 3.42. The molecular formula is C14H8NO. The molecule has 0 atom stereocenters. The molecule has 3 aromatic rings. The van der Waals surface area contributed by atoms with Crippen molar-refractivity contribution in [2.75, 3.05) is 0 Å². The van der Waals surface area contributed by atoms with Gasteiger partial charge in [0.1, 0.15) is 0 Å². The summed E-state index contributed by atoms with van der Waals surface area (Å²) in [6, 6.07) is 15.2. The number of pyridine rings is 1. The van der Waals surface area contributed by atoms with Crippen molar-refractivity contribution in [3.05, 3.63) is 54.1 Å². The van der Waals surface area contributed by atoms with Crippen molar-refractivity contribution in [2.45, 2.75) is 0 Å². The molecule has 2 aromatic carbocycles. The molecule has 1 radical (unpaired) electrons. The average Bonchev–Trinajstić information content (AvgIpc) is 2.36. The van der Waals surface area contributed by atoms with E-state index in [9.17, 15) is 4.79 Å². The third-order valence-corrected chi connectivity index (χ3v) is 2.69. The first-order valence-electron chi connectivity index (χ1n) is 5.06. The van der Waals surface area contributed by atoms with Gasteiger partial charge in [-0.3, -0.25) is 4.79 Å². The summed E-state index contributed by atoms with van der Waals surface area (Å²) in [5.41, 5.74) is 2.26. The maximum absolute atomic E-state index is 11.1. The molecule has 0 aliphatic heterocycles. The fraction of sp³-hybridized carbons (Fsp3) is 0. The lowest BCUT2D eigenvalue weighted by atomic mass is 10.0. The monoisotopic (exact) mass is 206 g/mol. The lowest BCUT2D eigenvalue weighted by Crippen LogP contribution is -1.90. The number of carbonyl (C=O) groups excluding carboxylic acids is 1. The number of benzene rings is 2. The van der Waals surface area contributed by atoms with Crippen LogP contribution < -0.4 is 0 Å². The van der Waals surface area contributed by atoms with Crippen LogP contribution >= 0.6 is 0 Å². The van der Waals surface area contributed by atoms with E-state index in [0.29, 0.717) is 5.56 Å². The Morgan fingerprint density at radius 2 is 1.31 bits per heavy atom. The quantitative estimate of drug-likeness (QED) is 0.573. The van der Waals surface area contributed by atoms with E-state index in [2.05, 4.69) is 4.98 Å². The number of hydrogen-bond acceptors (Lipinski definition) is 2. The maximum Gasteiger partial charge on any atom is 0.234 e. The molecule has 0 saturated heterocycles. The molecule has 0 aliphatic rings. The van der Waals surface area contributed by atoms with E-state index in [-0.39, 0.29) is 0 Å². The van der Waals surface area contributed by atoms with Gasteiger partial charge in [-0.1, -0.05) is 36.4 Å². The number of nitrogens with zero attached hydrogens (tertiary/aromatic N) is 1. The molecule has 16 heavy (non-hydrogen) atoms. The minimum atomic E-state index is 0.598. The zero-order valence-electron chi connectivity index (χ0n) is 8.47. The van der Waals surface area contributed by atoms with Crippen molar-refractivity contribution >= 4 is 28.1 Å². The van der Waals surface area contributed by atoms with Crippen LogP contribution in [0.5, 0.6) is 0 Å². The van der Waals surface area contributed by atoms with Crippen LogP contribution in [0.15, 0.2) is 48.5 Å². The van der Waals surface area contributed by atoms with Gasteiger partial charge in [-0.15, -0.1) is 0 Å². The van der Waals surface area contributed by atoms with Gasteiger partial charge in [0.15, 0.2) is 0 Å². The third-order valence-electron chi connectivity index (χ3n) is 2.69. The van der Waals surface area contributed by atoms with Crippen LogP contribution in [-0.2, 0) is 4.79 Å². The summed E-state index contributed by atoms with van der Waals surface area (Å²) in [6.45, 7) is 0. The van der Waals surface area contributed by atoms with Gasteiger partial charge in [0, 0.05) is 16.3 Å². The molecule has 2 nitrogen and oxygen atoms in total. The second-order valence-electron chi connectivity index (χ2n) is 3.62. The molecule has 75 valence electrons. The van der Waals surface area contributed by atoms with E-state index in [4.69, 9.17) is 0 Å². The minimum Gasteiger partial charge on any atom is -0.285 e. The maximum atomic E-state index is 11.1. The second-order valence-corrected chi connectivity index (χ2v) is 3.62. The van der Waals surface area contributed by atoms with E-state index in [1.165, 1.54) is 0 Å². The summed E-state index contributed by atoms with van der Waals surface area (Å²) in [5, 5.41) is 1.72. The van der Waals surface area contributed by atoms with Crippen LogP contribution in [0.1, 0.15) is 5.56 Å². The topological polar surface area (TPSA) is 30.0 Å². The van der Waals surface area contributed by atoms with Crippen LogP contribution in [0, 0.1) is 0 Å². The predicted molar refractivity (Wildman–Crippen MR) is 64.0 cm³/mol. The molecule has 0 bridgehead atoms. The van der Waals surface area contributed by atoms with Gasteiger partial charge in [0.25, 0.3) is 0 Å². The first-order valence-corrected chi connectivity index (χ1v) is 5.06. The first kappa shape index (κ1) is 9.04. The zero-order chi connectivity index (χ0) is 11.0. The molecule has 0 amide bonds. The molecule has 0 fully saturated rings. The summed E-state index contributed by atoms with van der Waals surface area (Å²) < 4.78 is 0. The number of rotatable bonds is 1. The molecule has 0 N–H and O–H groups in total. The molecule has 0 unspecified atom stereocenters. The van der Waals surface area contributed by atoms with Crippen molar-refractivity contribution in [1.29, 1.82) is 0 Å². The van der Waals surface area contributed by atoms with Crippen LogP contribution in [0.4, 0.5) is 0 Å². The predicted octanol–water partition coefficient (Wildman–Crippen LogP) is 2.85. The molecule has 2 heteroatoms. The number of hydrogen-bond donors (Lipinski definition) is 0. The van der Waals surface area contributed by atoms with E-state index in [1.807, 2.05) is 54.8 Å². The molecule has 0 spiro atoms. The van der Waals surface area contributed by atoms with E-state index >= 15 is 0 Å². The van der Waals surface area contributed by atoms with Crippen molar-refractivity contribution in [3.63, 3.8) is 0 Å². The number of para-hydroxylation sites is 2. The Morgan fingerprint density at radius 1 is 0.812 bits per heavy atom. The fourth-order valence-corrected chi connectivity index (χ4v) is 1.95. The molecule has 0 saturated carbocycles. The Balaban J connectivity index is 2.61. The van der Waals surface area contributed by atoms with Crippen LogP contribution in [-0.4, -0.2) is 11.3 Å². The van der Waals surface area contributed by atoms with Crippen LogP contribution in [0.2, 0.25) is 0 Å². The molecular weight excluding hydrogens is 198 g/mol. The lowest BCUT2D eigenvalue weighted by Gasteiger charge is -2.04. The van der Waals surface area contributed by atoms with Gasteiger partial charge in [-0.25, -0.2) is 4.98 Å². The van der Waals surface area contributed by atoms with E-state index < -0.39 is 0 Å². The van der Waals surface area contributed by atoms with E-state index in [1.54, 1.807) is 0 Å². The van der Waals surface area contributed by atoms with Gasteiger partial charge >= 0.3 is 0 Å². The minimum absolute atomic E-state index is 0.598. The normalized spacial score (nSPS) is 10.8.